The fourth-order valence-corrected chi connectivity index (χ4v) is 3.41. The van der Waals surface area contributed by atoms with Gasteiger partial charge in [0.15, 0.2) is 0 Å². The van der Waals surface area contributed by atoms with Crippen molar-refractivity contribution in [2.24, 2.45) is 0 Å². The van der Waals surface area contributed by atoms with Crippen molar-refractivity contribution in [3.05, 3.63) is 83.8 Å². The Kier molecular flexibility index (Phi) is 7.06. The number of benzene rings is 1. The number of rotatable bonds is 6. The fraction of sp³-hybridized carbons (Fsp3) is 0.200. The summed E-state index contributed by atoms with van der Waals surface area (Å²) in [6.45, 7) is 5.01. The number of carbonyl (C=O) groups is 2. The van der Waals surface area contributed by atoms with Crippen LogP contribution in [0.2, 0.25) is 0 Å². The quantitative estimate of drug-likeness (QED) is 0.566. The molecule has 0 atom stereocenters. The molecule has 33 heavy (non-hydrogen) atoms. The van der Waals surface area contributed by atoms with E-state index in [1.54, 1.807) is 30.6 Å². The Hall–Kier alpha value is -4.04. The van der Waals surface area contributed by atoms with Gasteiger partial charge in [-0.15, -0.1) is 0 Å². The van der Waals surface area contributed by atoms with Gasteiger partial charge in [-0.3, -0.25) is 14.6 Å². The van der Waals surface area contributed by atoms with E-state index >= 15 is 0 Å². The van der Waals surface area contributed by atoms with Crippen molar-refractivity contribution in [1.29, 1.82) is 0 Å². The Labute approximate surface area is 192 Å². The molecule has 1 aliphatic heterocycles. The number of aromatic nitrogens is 2. The van der Waals surface area contributed by atoms with Gasteiger partial charge in [0.25, 0.3) is 5.91 Å². The largest absolute Gasteiger partial charge is 0.378 e. The van der Waals surface area contributed by atoms with Crippen LogP contribution in [0, 0.1) is 6.92 Å². The highest BCUT2D eigenvalue weighted by Gasteiger charge is 2.12. The van der Waals surface area contributed by atoms with E-state index in [9.17, 15) is 9.59 Å². The second-order valence-corrected chi connectivity index (χ2v) is 7.65. The maximum Gasteiger partial charge on any atom is 0.257 e. The Morgan fingerprint density at radius 3 is 2.64 bits per heavy atom. The molecule has 2 N–H and O–H groups in total. The second-order valence-electron chi connectivity index (χ2n) is 7.65. The highest BCUT2D eigenvalue weighted by atomic mass is 16.5. The molecule has 1 saturated heterocycles. The number of pyridine rings is 2. The number of nitrogens with one attached hydrogen (secondary N) is 2. The molecule has 4 rings (SSSR count). The van der Waals surface area contributed by atoms with E-state index in [-0.39, 0.29) is 11.8 Å². The minimum Gasteiger partial charge on any atom is -0.378 e. The maximum absolute atomic E-state index is 12.5. The van der Waals surface area contributed by atoms with E-state index in [1.165, 1.54) is 12.3 Å². The lowest BCUT2D eigenvalue weighted by atomic mass is 10.1. The van der Waals surface area contributed by atoms with Crippen LogP contribution in [0.1, 0.15) is 21.5 Å². The number of hydrogen-bond donors (Lipinski definition) is 2. The number of hydrogen-bond acceptors (Lipinski definition) is 6. The van der Waals surface area contributed by atoms with Crippen molar-refractivity contribution in [1.82, 2.24) is 9.97 Å². The van der Waals surface area contributed by atoms with Gasteiger partial charge in [-0.2, -0.15) is 0 Å². The number of nitrogens with zero attached hydrogens (tertiary/aromatic N) is 3. The third-order valence-electron chi connectivity index (χ3n) is 5.10. The summed E-state index contributed by atoms with van der Waals surface area (Å²) in [5.41, 5.74) is 3.81. The van der Waals surface area contributed by atoms with Gasteiger partial charge >= 0.3 is 0 Å². The third-order valence-corrected chi connectivity index (χ3v) is 5.10. The van der Waals surface area contributed by atoms with E-state index in [2.05, 4.69) is 25.5 Å². The molecular formula is C25H25N5O3. The summed E-state index contributed by atoms with van der Waals surface area (Å²) < 4.78 is 5.36. The molecule has 0 unspecified atom stereocenters. The van der Waals surface area contributed by atoms with Crippen LogP contribution in [-0.4, -0.2) is 48.1 Å². The van der Waals surface area contributed by atoms with Gasteiger partial charge in [0, 0.05) is 37.2 Å². The van der Waals surface area contributed by atoms with Crippen molar-refractivity contribution < 1.29 is 14.3 Å². The summed E-state index contributed by atoms with van der Waals surface area (Å²) in [6, 6.07) is 12.9. The molecule has 168 valence electrons. The van der Waals surface area contributed by atoms with Crippen molar-refractivity contribution in [3.8, 4) is 0 Å². The van der Waals surface area contributed by atoms with Crippen LogP contribution >= 0.6 is 0 Å². The minimum atomic E-state index is -0.323. The van der Waals surface area contributed by atoms with Gasteiger partial charge in [-0.1, -0.05) is 12.1 Å². The van der Waals surface area contributed by atoms with Gasteiger partial charge in [0.2, 0.25) is 5.91 Å². The number of anilines is 3. The van der Waals surface area contributed by atoms with Crippen LogP contribution < -0.4 is 15.5 Å². The molecule has 0 aliphatic carbocycles. The van der Waals surface area contributed by atoms with Crippen LogP contribution in [-0.2, 0) is 9.53 Å². The highest BCUT2D eigenvalue weighted by molar-refractivity contribution is 6.05. The van der Waals surface area contributed by atoms with Gasteiger partial charge < -0.3 is 20.3 Å². The molecule has 3 aromatic rings. The Balaban J connectivity index is 1.34. The first-order chi connectivity index (χ1) is 16.1. The number of amides is 2. The van der Waals surface area contributed by atoms with Gasteiger partial charge in [0.1, 0.15) is 5.82 Å². The van der Waals surface area contributed by atoms with Crippen molar-refractivity contribution in [2.75, 3.05) is 41.8 Å². The van der Waals surface area contributed by atoms with Crippen molar-refractivity contribution in [3.63, 3.8) is 0 Å². The topological polar surface area (TPSA) is 96.5 Å². The lowest BCUT2D eigenvalue weighted by Gasteiger charge is -2.28. The summed E-state index contributed by atoms with van der Waals surface area (Å²) in [6.07, 6.45) is 7.81. The first kappa shape index (κ1) is 22.2. The average molecular weight is 444 g/mol. The van der Waals surface area contributed by atoms with Crippen molar-refractivity contribution in [2.45, 2.75) is 6.92 Å². The monoisotopic (exact) mass is 443 g/mol. The second kappa shape index (κ2) is 10.5. The Morgan fingerprint density at radius 2 is 1.88 bits per heavy atom. The van der Waals surface area contributed by atoms with Crippen LogP contribution in [0.5, 0.6) is 0 Å². The number of ether oxygens (including phenoxy) is 1. The van der Waals surface area contributed by atoms with E-state index in [0.717, 1.165) is 24.3 Å². The zero-order valence-corrected chi connectivity index (χ0v) is 18.3. The zero-order valence-electron chi connectivity index (χ0n) is 18.3. The van der Waals surface area contributed by atoms with E-state index < -0.39 is 0 Å². The molecule has 0 bridgehead atoms. The highest BCUT2D eigenvalue weighted by Crippen LogP contribution is 2.17. The van der Waals surface area contributed by atoms with Crippen LogP contribution in [0.4, 0.5) is 17.2 Å². The molecule has 1 aromatic carbocycles. The molecule has 8 nitrogen and oxygen atoms in total. The smallest absolute Gasteiger partial charge is 0.257 e. The normalized spacial score (nSPS) is 13.7. The summed E-state index contributed by atoms with van der Waals surface area (Å²) in [7, 11) is 0. The molecular weight excluding hydrogens is 418 g/mol. The minimum absolute atomic E-state index is 0.266. The molecule has 1 aliphatic rings. The lowest BCUT2D eigenvalue weighted by molar-refractivity contribution is -0.111. The predicted octanol–water partition coefficient (Wildman–Crippen LogP) is 3.53. The molecule has 1 fully saturated rings. The van der Waals surface area contributed by atoms with Crippen molar-refractivity contribution >= 4 is 35.1 Å². The third kappa shape index (κ3) is 6.24. The summed E-state index contributed by atoms with van der Waals surface area (Å²) in [4.78, 5) is 35.4. The molecule has 0 radical (unpaired) electrons. The summed E-state index contributed by atoms with van der Waals surface area (Å²) in [5.74, 6) is -0.125. The summed E-state index contributed by atoms with van der Waals surface area (Å²) >= 11 is 0. The molecule has 0 saturated carbocycles. The summed E-state index contributed by atoms with van der Waals surface area (Å²) in [5, 5.41) is 5.59. The van der Waals surface area contributed by atoms with Gasteiger partial charge in [0.05, 0.1) is 30.7 Å². The first-order valence-electron chi connectivity index (χ1n) is 10.7. The van der Waals surface area contributed by atoms with Crippen LogP contribution in [0.3, 0.4) is 0 Å². The molecule has 0 spiro atoms. The Morgan fingerprint density at radius 1 is 1.03 bits per heavy atom. The number of carbonyl (C=O) groups excluding carboxylic acids is 2. The van der Waals surface area contributed by atoms with Crippen LogP contribution in [0.25, 0.3) is 6.08 Å². The Bertz CT molecular complexity index is 1150. The van der Waals surface area contributed by atoms with E-state index in [0.29, 0.717) is 35.8 Å². The number of aryl methyl sites for hydroxylation is 1. The van der Waals surface area contributed by atoms with Gasteiger partial charge in [-0.05, 0) is 54.5 Å². The molecule has 2 aromatic heterocycles. The number of morpholine rings is 1. The average Bonchev–Trinajstić information content (AvgIpc) is 2.84. The van der Waals surface area contributed by atoms with E-state index in [4.69, 9.17) is 4.74 Å². The zero-order chi connectivity index (χ0) is 23.0. The predicted molar refractivity (Wildman–Crippen MR) is 128 cm³/mol. The molecule has 3 heterocycles. The first-order valence-corrected chi connectivity index (χ1v) is 10.7. The molecule has 8 heteroatoms. The molecule has 2 amide bonds. The maximum atomic E-state index is 12.5. The van der Waals surface area contributed by atoms with Crippen LogP contribution in [0.15, 0.2) is 67.1 Å². The standard InChI is InChI=1S/C25H25N5O3/c1-18-3-2-4-21(13-18)28-25(32)20-14-19(15-26-16-20)5-8-24(31)29-23-7-6-22(17-27-23)30-9-11-33-12-10-30/h2-8,13-17H,9-12H2,1H3,(H,28,32)(H,27,29,31)/b8-5+. The van der Waals surface area contributed by atoms with Gasteiger partial charge in [-0.25, -0.2) is 4.98 Å². The lowest BCUT2D eigenvalue weighted by Crippen LogP contribution is -2.36. The SMILES string of the molecule is Cc1cccc(NC(=O)c2cncc(/C=C/C(=O)Nc3ccc(N4CCOCC4)cn3)c2)c1. The fourth-order valence-electron chi connectivity index (χ4n) is 3.41. The van der Waals surface area contributed by atoms with E-state index in [1.807, 2.05) is 37.3 Å².